The van der Waals surface area contributed by atoms with Crippen molar-refractivity contribution >= 4 is 46.7 Å². The largest absolute Gasteiger partial charge is 0.480 e. The van der Waals surface area contributed by atoms with E-state index in [2.05, 4.69) is 5.32 Å². The third kappa shape index (κ3) is 4.61. The number of amides is 1. The van der Waals surface area contributed by atoms with Crippen LogP contribution in [0.25, 0.3) is 0 Å². The van der Waals surface area contributed by atoms with Gasteiger partial charge < -0.3 is 10.4 Å². The van der Waals surface area contributed by atoms with E-state index in [-0.39, 0.29) is 6.42 Å². The topological polar surface area (TPSA) is 66.4 Å². The third-order valence-corrected chi connectivity index (χ3v) is 4.14. The van der Waals surface area contributed by atoms with Crippen LogP contribution in [0.5, 0.6) is 0 Å². The highest BCUT2D eigenvalue weighted by atomic mass is 35.5. The van der Waals surface area contributed by atoms with Gasteiger partial charge in [-0.05, 0) is 42.0 Å². The Labute approximate surface area is 148 Å². The molecule has 0 saturated carbocycles. The number of halogens is 3. The number of nitrogens with one attached hydrogen (secondary N) is 1. The van der Waals surface area contributed by atoms with Gasteiger partial charge in [0.1, 0.15) is 6.04 Å². The van der Waals surface area contributed by atoms with Gasteiger partial charge in [-0.3, -0.25) is 4.79 Å². The normalized spacial score (nSPS) is 11.8. The van der Waals surface area contributed by atoms with Gasteiger partial charge in [-0.15, -0.1) is 0 Å². The summed E-state index contributed by atoms with van der Waals surface area (Å²) in [6, 6.07) is 9.87. The fraction of sp³-hybridized carbons (Fsp3) is 0.125. The van der Waals surface area contributed by atoms with Crippen LogP contribution in [0, 0.1) is 0 Å². The lowest BCUT2D eigenvalue weighted by molar-refractivity contribution is -0.139. The number of hydrogen-bond donors (Lipinski definition) is 2. The lowest BCUT2D eigenvalue weighted by Gasteiger charge is -2.16. The van der Waals surface area contributed by atoms with Gasteiger partial charge in [-0.2, -0.15) is 0 Å². The maximum Gasteiger partial charge on any atom is 0.326 e. The van der Waals surface area contributed by atoms with Crippen LogP contribution in [-0.2, 0) is 11.2 Å². The first-order chi connectivity index (χ1) is 10.9. The molecule has 0 aliphatic carbocycles. The van der Waals surface area contributed by atoms with E-state index in [0.29, 0.717) is 26.2 Å². The summed E-state index contributed by atoms with van der Waals surface area (Å²) in [5.41, 5.74) is 0.783. The minimum atomic E-state index is -1.18. The second-order valence-corrected chi connectivity index (χ2v) is 6.03. The Bertz CT molecular complexity index is 712. The zero-order valence-electron chi connectivity index (χ0n) is 11.7. The monoisotopic (exact) mass is 371 g/mol. The number of carbonyl (C=O) groups is 2. The highest BCUT2D eigenvalue weighted by Gasteiger charge is 2.23. The Morgan fingerprint density at radius 3 is 2.09 bits per heavy atom. The van der Waals surface area contributed by atoms with Crippen LogP contribution in [-0.4, -0.2) is 23.0 Å². The van der Waals surface area contributed by atoms with Gasteiger partial charge in [0.15, 0.2) is 0 Å². The molecule has 0 aromatic heterocycles. The van der Waals surface area contributed by atoms with Gasteiger partial charge in [0.25, 0.3) is 5.91 Å². The molecule has 0 fully saturated rings. The zero-order chi connectivity index (χ0) is 17.0. The van der Waals surface area contributed by atoms with Gasteiger partial charge in [0.2, 0.25) is 0 Å². The number of carboxylic acid groups (broad SMARTS) is 1. The third-order valence-electron chi connectivity index (χ3n) is 3.18. The van der Waals surface area contributed by atoms with Crippen molar-refractivity contribution in [1.82, 2.24) is 5.32 Å². The number of aliphatic carboxylic acids is 1. The molecule has 4 nitrogen and oxygen atoms in total. The van der Waals surface area contributed by atoms with Crippen molar-refractivity contribution < 1.29 is 14.7 Å². The summed E-state index contributed by atoms with van der Waals surface area (Å²) >= 11 is 17.8. The van der Waals surface area contributed by atoms with Crippen LogP contribution < -0.4 is 5.32 Å². The van der Waals surface area contributed by atoms with Gasteiger partial charge in [0, 0.05) is 27.1 Å². The molecule has 2 N–H and O–H groups in total. The van der Waals surface area contributed by atoms with Gasteiger partial charge in [-0.25, -0.2) is 4.79 Å². The van der Waals surface area contributed by atoms with Crippen molar-refractivity contribution in [3.05, 3.63) is 68.7 Å². The maximum atomic E-state index is 12.1. The van der Waals surface area contributed by atoms with Crippen molar-refractivity contribution in [2.45, 2.75) is 12.5 Å². The van der Waals surface area contributed by atoms with E-state index in [9.17, 15) is 14.7 Å². The summed E-state index contributed by atoms with van der Waals surface area (Å²) in [7, 11) is 0. The Morgan fingerprint density at radius 2 is 1.57 bits per heavy atom. The number of benzene rings is 2. The van der Waals surface area contributed by atoms with Crippen LogP contribution in [0.3, 0.4) is 0 Å². The summed E-state index contributed by atoms with van der Waals surface area (Å²) in [4.78, 5) is 23.6. The second kappa shape index (κ2) is 7.68. The Morgan fingerprint density at radius 1 is 1.00 bits per heavy atom. The lowest BCUT2D eigenvalue weighted by Crippen LogP contribution is -2.42. The first-order valence-electron chi connectivity index (χ1n) is 6.60. The first kappa shape index (κ1) is 17.6. The highest BCUT2D eigenvalue weighted by molar-refractivity contribution is 6.36. The van der Waals surface area contributed by atoms with Crippen molar-refractivity contribution in [3.63, 3.8) is 0 Å². The van der Waals surface area contributed by atoms with Gasteiger partial charge in [0.05, 0.1) is 0 Å². The first-order valence-corrected chi connectivity index (χ1v) is 7.74. The van der Waals surface area contributed by atoms with Crippen LogP contribution in [0.1, 0.15) is 15.9 Å². The molecule has 2 aromatic rings. The fourth-order valence-electron chi connectivity index (χ4n) is 1.97. The molecule has 0 bridgehead atoms. The van der Waals surface area contributed by atoms with E-state index in [0.717, 1.165) is 0 Å². The maximum absolute atomic E-state index is 12.1. The molecule has 0 heterocycles. The molecular weight excluding hydrogens is 361 g/mol. The number of rotatable bonds is 5. The molecule has 0 aliphatic rings. The van der Waals surface area contributed by atoms with Gasteiger partial charge >= 0.3 is 5.97 Å². The van der Waals surface area contributed by atoms with E-state index < -0.39 is 17.9 Å². The molecule has 0 saturated heterocycles. The Kier molecular flexibility index (Phi) is 5.88. The molecule has 0 unspecified atom stereocenters. The van der Waals surface area contributed by atoms with E-state index in [1.807, 2.05) is 0 Å². The smallest absolute Gasteiger partial charge is 0.326 e. The number of carbonyl (C=O) groups excluding carboxylic acids is 1. The van der Waals surface area contributed by atoms with Crippen molar-refractivity contribution in [2.75, 3.05) is 0 Å². The zero-order valence-corrected chi connectivity index (χ0v) is 14.0. The molecule has 23 heavy (non-hydrogen) atoms. The molecule has 0 aliphatic heterocycles. The minimum absolute atomic E-state index is 0.0207. The summed E-state index contributed by atoms with van der Waals surface area (Å²) < 4.78 is 0. The molecular formula is C16H12Cl3NO3. The minimum Gasteiger partial charge on any atom is -0.480 e. The summed E-state index contributed by atoms with van der Waals surface area (Å²) in [5.74, 6) is -1.69. The molecule has 0 spiro atoms. The van der Waals surface area contributed by atoms with Crippen molar-refractivity contribution in [1.29, 1.82) is 0 Å². The average molecular weight is 373 g/mol. The molecule has 1 atom stereocenters. The standard InChI is InChI=1S/C16H12Cl3NO3/c17-10-6-4-9(5-7-10)15(21)20-14(16(22)23)8-11-12(18)2-1-3-13(11)19/h1-7,14H,8H2,(H,20,21)(H,22,23)/t14-/m1/s1. The van der Waals surface area contributed by atoms with E-state index in [1.54, 1.807) is 30.3 Å². The van der Waals surface area contributed by atoms with E-state index in [4.69, 9.17) is 34.8 Å². The van der Waals surface area contributed by atoms with Gasteiger partial charge in [-0.1, -0.05) is 40.9 Å². The molecule has 2 rings (SSSR count). The van der Waals surface area contributed by atoms with E-state index in [1.165, 1.54) is 12.1 Å². The number of carboxylic acids is 1. The van der Waals surface area contributed by atoms with E-state index >= 15 is 0 Å². The summed E-state index contributed by atoms with van der Waals surface area (Å²) in [6.45, 7) is 0. The Hall–Kier alpha value is -1.75. The fourth-order valence-corrected chi connectivity index (χ4v) is 2.65. The van der Waals surface area contributed by atoms with Crippen LogP contribution in [0.4, 0.5) is 0 Å². The number of hydrogen-bond acceptors (Lipinski definition) is 2. The molecule has 0 radical (unpaired) electrons. The Balaban J connectivity index is 2.17. The van der Waals surface area contributed by atoms with Crippen LogP contribution >= 0.6 is 34.8 Å². The molecule has 120 valence electrons. The second-order valence-electron chi connectivity index (χ2n) is 4.78. The predicted molar refractivity (Wildman–Crippen MR) is 90.5 cm³/mol. The van der Waals surface area contributed by atoms with Crippen molar-refractivity contribution in [2.24, 2.45) is 0 Å². The van der Waals surface area contributed by atoms with Crippen molar-refractivity contribution in [3.8, 4) is 0 Å². The lowest BCUT2D eigenvalue weighted by atomic mass is 10.1. The average Bonchev–Trinajstić information content (AvgIpc) is 2.50. The highest BCUT2D eigenvalue weighted by Crippen LogP contribution is 2.25. The summed E-state index contributed by atoms with van der Waals surface area (Å²) in [6.07, 6.45) is -0.0207. The predicted octanol–water partition coefficient (Wildman–Crippen LogP) is 4.07. The summed E-state index contributed by atoms with van der Waals surface area (Å²) in [5, 5.41) is 13.0. The van der Waals surface area contributed by atoms with Crippen LogP contribution in [0.15, 0.2) is 42.5 Å². The quantitative estimate of drug-likeness (QED) is 0.831. The SMILES string of the molecule is O=C(N[C@H](Cc1c(Cl)cccc1Cl)C(=O)O)c1ccc(Cl)cc1. The van der Waals surface area contributed by atoms with Crippen LogP contribution in [0.2, 0.25) is 15.1 Å². The molecule has 2 aromatic carbocycles. The molecule has 7 heteroatoms. The molecule has 1 amide bonds.